The summed E-state index contributed by atoms with van der Waals surface area (Å²) < 4.78 is 55.1. The van der Waals surface area contributed by atoms with E-state index in [0.29, 0.717) is 0 Å². The number of halogens is 4. The average molecular weight is 248 g/mol. The van der Waals surface area contributed by atoms with Crippen LogP contribution in [0.4, 0.5) is 17.6 Å². The van der Waals surface area contributed by atoms with E-state index < -0.39 is 23.9 Å². The van der Waals surface area contributed by atoms with Crippen molar-refractivity contribution in [3.05, 3.63) is 35.3 Å². The van der Waals surface area contributed by atoms with E-state index in [0.717, 1.165) is 6.07 Å². The standard InChI is InChI=1S/C11H8F4O2/c1-5-6-3-2-4-7(12)9(6)17-8(5)10(16)11(13,14)15/h2-4,10,16H,1H3. The Balaban J connectivity index is 2.64. The van der Waals surface area contributed by atoms with Gasteiger partial charge in [-0.05, 0) is 13.0 Å². The Labute approximate surface area is 93.5 Å². The molecule has 0 radical (unpaired) electrons. The van der Waals surface area contributed by atoms with E-state index in [9.17, 15) is 17.6 Å². The lowest BCUT2D eigenvalue weighted by atomic mass is 10.1. The third kappa shape index (κ3) is 1.88. The predicted octanol–water partition coefficient (Wildman–Crippen LogP) is 3.48. The van der Waals surface area contributed by atoms with Gasteiger partial charge in [0.1, 0.15) is 5.76 Å². The van der Waals surface area contributed by atoms with Crippen LogP contribution in [0.25, 0.3) is 11.0 Å². The molecule has 0 amide bonds. The van der Waals surface area contributed by atoms with Crippen LogP contribution in [0.1, 0.15) is 17.4 Å². The van der Waals surface area contributed by atoms with Crippen LogP contribution in [0.3, 0.4) is 0 Å². The molecule has 0 aliphatic rings. The van der Waals surface area contributed by atoms with Crippen LogP contribution in [-0.2, 0) is 0 Å². The number of hydrogen-bond acceptors (Lipinski definition) is 2. The minimum absolute atomic E-state index is 0.0873. The summed E-state index contributed by atoms with van der Waals surface area (Å²) in [5.74, 6) is -1.43. The second-order valence-electron chi connectivity index (χ2n) is 3.65. The molecule has 2 aromatic rings. The molecule has 0 saturated heterocycles. The largest absolute Gasteiger partial charge is 0.455 e. The van der Waals surface area contributed by atoms with Gasteiger partial charge in [-0.15, -0.1) is 0 Å². The average Bonchev–Trinajstić information content (AvgIpc) is 2.56. The van der Waals surface area contributed by atoms with Gasteiger partial charge in [0.25, 0.3) is 0 Å². The number of benzene rings is 1. The molecule has 1 heterocycles. The maximum absolute atomic E-state index is 13.3. The first-order chi connectivity index (χ1) is 7.82. The van der Waals surface area contributed by atoms with Crippen molar-refractivity contribution in [1.82, 2.24) is 0 Å². The first kappa shape index (κ1) is 11.9. The highest BCUT2D eigenvalue weighted by molar-refractivity contribution is 5.82. The molecule has 1 aromatic carbocycles. The fourth-order valence-corrected chi connectivity index (χ4v) is 1.64. The minimum Gasteiger partial charge on any atom is -0.455 e. The number of fused-ring (bicyclic) bond motifs is 1. The highest BCUT2D eigenvalue weighted by atomic mass is 19.4. The van der Waals surface area contributed by atoms with Crippen LogP contribution in [0.2, 0.25) is 0 Å². The zero-order chi connectivity index (χ0) is 12.8. The van der Waals surface area contributed by atoms with E-state index >= 15 is 0 Å². The third-order valence-corrected chi connectivity index (χ3v) is 2.51. The Morgan fingerprint density at radius 3 is 2.47 bits per heavy atom. The number of aliphatic hydroxyl groups excluding tert-OH is 1. The Morgan fingerprint density at radius 1 is 1.29 bits per heavy atom. The molecule has 0 bridgehead atoms. The number of alkyl halides is 3. The van der Waals surface area contributed by atoms with Crippen LogP contribution in [-0.4, -0.2) is 11.3 Å². The molecule has 0 saturated carbocycles. The lowest BCUT2D eigenvalue weighted by Crippen LogP contribution is -2.20. The van der Waals surface area contributed by atoms with Crippen LogP contribution in [0.5, 0.6) is 0 Å². The molecule has 6 heteroatoms. The molecule has 2 rings (SSSR count). The maximum Gasteiger partial charge on any atom is 0.421 e. The van der Waals surface area contributed by atoms with Gasteiger partial charge >= 0.3 is 6.18 Å². The van der Waals surface area contributed by atoms with Gasteiger partial charge < -0.3 is 9.52 Å². The number of furan rings is 1. The topological polar surface area (TPSA) is 33.4 Å². The Kier molecular flexibility index (Phi) is 2.61. The molecule has 0 aliphatic carbocycles. The first-order valence-corrected chi connectivity index (χ1v) is 4.74. The quantitative estimate of drug-likeness (QED) is 0.784. The summed E-state index contributed by atoms with van der Waals surface area (Å²) in [7, 11) is 0. The number of rotatable bonds is 1. The van der Waals surface area contributed by atoms with Gasteiger partial charge in [-0.2, -0.15) is 13.2 Å². The van der Waals surface area contributed by atoms with Gasteiger partial charge in [0.05, 0.1) is 0 Å². The highest BCUT2D eigenvalue weighted by Crippen LogP contribution is 2.38. The summed E-state index contributed by atoms with van der Waals surface area (Å²) in [5, 5.41) is 9.31. The van der Waals surface area contributed by atoms with E-state index in [4.69, 9.17) is 9.52 Å². The smallest absolute Gasteiger partial charge is 0.421 e. The van der Waals surface area contributed by atoms with Crippen LogP contribution < -0.4 is 0 Å². The molecular formula is C11H8F4O2. The van der Waals surface area contributed by atoms with E-state index in [1.807, 2.05) is 0 Å². The second kappa shape index (κ2) is 3.73. The summed E-state index contributed by atoms with van der Waals surface area (Å²) >= 11 is 0. The Hall–Kier alpha value is -1.56. The van der Waals surface area contributed by atoms with Gasteiger partial charge in [-0.25, -0.2) is 4.39 Å². The fourth-order valence-electron chi connectivity index (χ4n) is 1.64. The number of hydrogen-bond donors (Lipinski definition) is 1. The number of para-hydroxylation sites is 1. The van der Waals surface area contributed by atoms with E-state index in [2.05, 4.69) is 0 Å². The summed E-state index contributed by atoms with van der Waals surface area (Å²) in [6.07, 6.45) is -7.58. The zero-order valence-corrected chi connectivity index (χ0v) is 8.68. The normalized spacial score (nSPS) is 14.2. The predicted molar refractivity (Wildman–Crippen MR) is 51.9 cm³/mol. The van der Waals surface area contributed by atoms with Crippen LogP contribution in [0, 0.1) is 12.7 Å². The molecule has 1 N–H and O–H groups in total. The molecule has 0 fully saturated rings. The SMILES string of the molecule is Cc1c(C(O)C(F)(F)F)oc2c(F)cccc12. The maximum atomic E-state index is 13.3. The van der Waals surface area contributed by atoms with Crippen molar-refractivity contribution < 1.29 is 27.1 Å². The lowest BCUT2D eigenvalue weighted by Gasteiger charge is -2.12. The summed E-state index contributed by atoms with van der Waals surface area (Å²) in [6.45, 7) is 1.34. The molecule has 17 heavy (non-hydrogen) atoms. The molecular weight excluding hydrogens is 240 g/mol. The van der Waals surface area contributed by atoms with Crippen LogP contribution >= 0.6 is 0 Å². The zero-order valence-electron chi connectivity index (χ0n) is 8.68. The van der Waals surface area contributed by atoms with Gasteiger partial charge in [-0.1, -0.05) is 12.1 Å². The van der Waals surface area contributed by atoms with Crippen molar-refractivity contribution in [3.63, 3.8) is 0 Å². The Morgan fingerprint density at radius 2 is 1.94 bits per heavy atom. The summed E-state index contributed by atoms with van der Waals surface area (Å²) in [6, 6.07) is 3.88. The van der Waals surface area contributed by atoms with Crippen molar-refractivity contribution in [2.24, 2.45) is 0 Å². The van der Waals surface area contributed by atoms with Gasteiger partial charge in [0.15, 0.2) is 11.4 Å². The highest BCUT2D eigenvalue weighted by Gasteiger charge is 2.42. The first-order valence-electron chi connectivity index (χ1n) is 4.74. The molecule has 0 spiro atoms. The van der Waals surface area contributed by atoms with E-state index in [-0.39, 0.29) is 16.5 Å². The van der Waals surface area contributed by atoms with E-state index in [1.54, 1.807) is 0 Å². The van der Waals surface area contributed by atoms with Crippen molar-refractivity contribution in [3.8, 4) is 0 Å². The van der Waals surface area contributed by atoms with E-state index in [1.165, 1.54) is 19.1 Å². The second-order valence-corrected chi connectivity index (χ2v) is 3.65. The van der Waals surface area contributed by atoms with Gasteiger partial charge in [0, 0.05) is 10.9 Å². The number of aliphatic hydroxyl groups is 1. The Bertz CT molecular complexity index is 556. The van der Waals surface area contributed by atoms with Gasteiger partial charge in [-0.3, -0.25) is 0 Å². The summed E-state index contributed by atoms with van der Waals surface area (Å²) in [5.41, 5.74) is -0.187. The van der Waals surface area contributed by atoms with Gasteiger partial charge in [0.2, 0.25) is 6.10 Å². The molecule has 1 atom stereocenters. The third-order valence-electron chi connectivity index (χ3n) is 2.51. The molecule has 2 nitrogen and oxygen atoms in total. The summed E-state index contributed by atoms with van der Waals surface area (Å²) in [4.78, 5) is 0. The fraction of sp³-hybridized carbons (Fsp3) is 0.273. The monoisotopic (exact) mass is 248 g/mol. The van der Waals surface area contributed by atoms with Crippen molar-refractivity contribution >= 4 is 11.0 Å². The molecule has 1 aromatic heterocycles. The molecule has 1 unspecified atom stereocenters. The molecule has 0 aliphatic heterocycles. The number of aryl methyl sites for hydroxylation is 1. The molecule has 92 valence electrons. The van der Waals surface area contributed by atoms with Crippen molar-refractivity contribution in [2.45, 2.75) is 19.2 Å². The lowest BCUT2D eigenvalue weighted by molar-refractivity contribution is -0.211. The minimum atomic E-state index is -4.84. The van der Waals surface area contributed by atoms with Crippen LogP contribution in [0.15, 0.2) is 22.6 Å². The van der Waals surface area contributed by atoms with Crippen molar-refractivity contribution in [2.75, 3.05) is 0 Å². The van der Waals surface area contributed by atoms with Crippen molar-refractivity contribution in [1.29, 1.82) is 0 Å².